The van der Waals surface area contributed by atoms with E-state index in [1.54, 1.807) is 27.9 Å². The number of nitrogens with one attached hydrogen (secondary N) is 1. The zero-order valence-corrected chi connectivity index (χ0v) is 15.8. The molecule has 9 heteroatoms. The Morgan fingerprint density at radius 1 is 1.25 bits per heavy atom. The van der Waals surface area contributed by atoms with E-state index in [4.69, 9.17) is 9.47 Å². The maximum absolute atomic E-state index is 13.7. The maximum Gasteiger partial charge on any atom is 0.260 e. The molecule has 1 aromatic carbocycles. The van der Waals surface area contributed by atoms with E-state index in [9.17, 15) is 14.0 Å². The average molecular weight is 390 g/mol. The molecule has 0 unspecified atom stereocenters. The Hall–Kier alpha value is -2.94. The number of ether oxygens (including phenoxy) is 2. The molecule has 150 valence electrons. The summed E-state index contributed by atoms with van der Waals surface area (Å²) in [6.07, 6.45) is 1.68. The molecule has 1 N–H and O–H groups in total. The van der Waals surface area contributed by atoms with Crippen LogP contribution < -0.4 is 10.1 Å². The number of benzene rings is 1. The monoisotopic (exact) mass is 390 g/mol. The number of aryl methyl sites for hydroxylation is 1. The van der Waals surface area contributed by atoms with Gasteiger partial charge in [-0.3, -0.25) is 14.3 Å². The van der Waals surface area contributed by atoms with E-state index in [1.807, 2.05) is 13.1 Å². The largest absolute Gasteiger partial charge is 0.481 e. The number of hydrogen-bond donors (Lipinski definition) is 1. The first-order chi connectivity index (χ1) is 13.5. The van der Waals surface area contributed by atoms with Crippen molar-refractivity contribution in [1.29, 1.82) is 0 Å². The van der Waals surface area contributed by atoms with Crippen molar-refractivity contribution < 1.29 is 23.5 Å². The number of hydrogen-bond acceptors (Lipinski definition) is 5. The Kier molecular flexibility index (Phi) is 6.25. The number of nitrogens with zero attached hydrogens (tertiary/aromatic N) is 3. The molecule has 2 heterocycles. The molecule has 0 aliphatic carbocycles. The van der Waals surface area contributed by atoms with Gasteiger partial charge in [-0.1, -0.05) is 12.1 Å². The molecule has 0 spiro atoms. The molecule has 2 atom stereocenters. The van der Waals surface area contributed by atoms with Gasteiger partial charge in [-0.2, -0.15) is 5.10 Å². The van der Waals surface area contributed by atoms with Crippen LogP contribution in [-0.4, -0.2) is 65.9 Å². The summed E-state index contributed by atoms with van der Waals surface area (Å²) in [7, 11) is 3.26. The van der Waals surface area contributed by atoms with Crippen molar-refractivity contribution in [3.05, 3.63) is 48.0 Å². The van der Waals surface area contributed by atoms with Crippen LogP contribution >= 0.6 is 0 Å². The van der Waals surface area contributed by atoms with Crippen LogP contribution in [0.5, 0.6) is 5.75 Å². The van der Waals surface area contributed by atoms with Gasteiger partial charge < -0.3 is 19.7 Å². The first-order valence-corrected chi connectivity index (χ1v) is 8.91. The Balaban J connectivity index is 1.68. The van der Waals surface area contributed by atoms with E-state index in [1.165, 1.54) is 19.2 Å². The first-order valence-electron chi connectivity index (χ1n) is 8.91. The van der Waals surface area contributed by atoms with E-state index in [-0.39, 0.29) is 42.7 Å². The summed E-state index contributed by atoms with van der Waals surface area (Å²) >= 11 is 0. The number of likely N-dealkylation sites (tertiary alicyclic amines) is 1. The van der Waals surface area contributed by atoms with Crippen molar-refractivity contribution in [3.63, 3.8) is 0 Å². The fraction of sp³-hybridized carbons (Fsp3) is 0.421. The zero-order valence-electron chi connectivity index (χ0n) is 15.8. The van der Waals surface area contributed by atoms with Crippen LogP contribution in [0.3, 0.4) is 0 Å². The minimum atomic E-state index is -0.519. The topological polar surface area (TPSA) is 85.7 Å². The molecule has 1 fully saturated rings. The molecule has 28 heavy (non-hydrogen) atoms. The summed E-state index contributed by atoms with van der Waals surface area (Å²) in [4.78, 5) is 26.2. The smallest absolute Gasteiger partial charge is 0.260 e. The lowest BCUT2D eigenvalue weighted by Gasteiger charge is -2.19. The van der Waals surface area contributed by atoms with Crippen molar-refractivity contribution in [2.45, 2.75) is 12.0 Å². The Morgan fingerprint density at radius 2 is 2.04 bits per heavy atom. The molecular formula is C19H23FN4O4. The highest BCUT2D eigenvalue weighted by Crippen LogP contribution is 2.27. The third-order valence-electron chi connectivity index (χ3n) is 4.72. The molecule has 1 saturated heterocycles. The van der Waals surface area contributed by atoms with Crippen LogP contribution in [0.2, 0.25) is 0 Å². The van der Waals surface area contributed by atoms with Gasteiger partial charge in [-0.15, -0.1) is 0 Å². The van der Waals surface area contributed by atoms with Crippen LogP contribution in [0, 0.1) is 5.82 Å². The van der Waals surface area contributed by atoms with Crippen LogP contribution in [0.15, 0.2) is 36.5 Å². The number of halogens is 1. The predicted octanol–water partition coefficient (Wildman–Crippen LogP) is 0.695. The van der Waals surface area contributed by atoms with E-state index >= 15 is 0 Å². The molecule has 1 aliphatic rings. The number of carbonyl (C=O) groups is 2. The molecule has 0 bridgehead atoms. The zero-order chi connectivity index (χ0) is 20.1. The number of amides is 2. The minimum absolute atomic E-state index is 0.0307. The normalized spacial score (nSPS) is 18.9. The Morgan fingerprint density at radius 3 is 2.71 bits per heavy atom. The van der Waals surface area contributed by atoms with Gasteiger partial charge in [0.25, 0.3) is 5.91 Å². The van der Waals surface area contributed by atoms with Gasteiger partial charge in [0.15, 0.2) is 18.2 Å². The Bertz CT molecular complexity index is 841. The van der Waals surface area contributed by atoms with Crippen LogP contribution in [0.4, 0.5) is 4.39 Å². The van der Waals surface area contributed by atoms with Crippen molar-refractivity contribution >= 4 is 11.8 Å². The molecule has 0 radical (unpaired) electrons. The molecule has 2 aromatic rings. The van der Waals surface area contributed by atoms with Gasteiger partial charge in [0, 0.05) is 45.1 Å². The van der Waals surface area contributed by atoms with E-state index in [2.05, 4.69) is 10.4 Å². The molecule has 1 aromatic heterocycles. The highest BCUT2D eigenvalue weighted by atomic mass is 19.1. The second-order valence-electron chi connectivity index (χ2n) is 6.61. The number of carbonyl (C=O) groups excluding carboxylic acids is 2. The van der Waals surface area contributed by atoms with Crippen LogP contribution in [0.1, 0.15) is 11.6 Å². The van der Waals surface area contributed by atoms with E-state index < -0.39 is 5.82 Å². The lowest BCUT2D eigenvalue weighted by molar-refractivity contribution is -0.132. The molecule has 2 amide bonds. The fourth-order valence-corrected chi connectivity index (χ4v) is 3.37. The van der Waals surface area contributed by atoms with Gasteiger partial charge >= 0.3 is 0 Å². The molecule has 0 saturated carbocycles. The highest BCUT2D eigenvalue weighted by molar-refractivity contribution is 5.80. The minimum Gasteiger partial charge on any atom is -0.481 e. The van der Waals surface area contributed by atoms with Gasteiger partial charge in [0.2, 0.25) is 5.91 Å². The lowest BCUT2D eigenvalue weighted by Crippen LogP contribution is -2.42. The summed E-state index contributed by atoms with van der Waals surface area (Å²) in [5.74, 6) is -1.14. The van der Waals surface area contributed by atoms with Crippen LogP contribution in [-0.2, 0) is 21.4 Å². The standard InChI is InChI=1S/C19H23FN4O4/c1-23-16(7-8-21-23)13-9-24(10-15(13)22-18(25)11-27-2)19(26)12-28-17-6-4-3-5-14(17)20/h3-8,13,15H,9-12H2,1-2H3,(H,22,25)/t13-,15-/m1/s1. The van der Waals surface area contributed by atoms with Crippen molar-refractivity contribution in [3.8, 4) is 5.75 Å². The second-order valence-corrected chi connectivity index (χ2v) is 6.61. The molecule has 3 rings (SSSR count). The second kappa shape index (κ2) is 8.83. The number of para-hydroxylation sites is 1. The van der Waals surface area contributed by atoms with E-state index in [0.29, 0.717) is 13.1 Å². The van der Waals surface area contributed by atoms with Gasteiger partial charge in [0.1, 0.15) is 6.61 Å². The lowest BCUT2D eigenvalue weighted by atomic mass is 9.99. The third-order valence-corrected chi connectivity index (χ3v) is 4.72. The summed E-state index contributed by atoms with van der Waals surface area (Å²) in [5.41, 5.74) is 0.910. The molecular weight excluding hydrogens is 367 g/mol. The summed E-state index contributed by atoms with van der Waals surface area (Å²) in [6, 6.07) is 7.52. The first kappa shape index (κ1) is 19.8. The predicted molar refractivity (Wildman–Crippen MR) is 98.2 cm³/mol. The molecule has 8 nitrogen and oxygen atoms in total. The number of aromatic nitrogens is 2. The summed E-state index contributed by atoms with van der Waals surface area (Å²) < 4.78 is 25.6. The van der Waals surface area contributed by atoms with Crippen LogP contribution in [0.25, 0.3) is 0 Å². The SMILES string of the molecule is COCC(=O)N[C@@H]1CN(C(=O)COc2ccccc2F)C[C@H]1c1ccnn1C. The number of rotatable bonds is 7. The molecule has 1 aliphatic heterocycles. The highest BCUT2D eigenvalue weighted by Gasteiger charge is 2.38. The van der Waals surface area contributed by atoms with Crippen molar-refractivity contribution in [1.82, 2.24) is 20.0 Å². The summed E-state index contributed by atoms with van der Waals surface area (Å²) in [5, 5.41) is 7.09. The maximum atomic E-state index is 13.7. The van der Waals surface area contributed by atoms with E-state index in [0.717, 1.165) is 5.69 Å². The quantitative estimate of drug-likeness (QED) is 0.752. The van der Waals surface area contributed by atoms with Gasteiger partial charge in [-0.25, -0.2) is 4.39 Å². The average Bonchev–Trinajstić information content (AvgIpc) is 3.27. The summed E-state index contributed by atoms with van der Waals surface area (Å²) in [6.45, 7) is 0.387. The van der Waals surface area contributed by atoms with Gasteiger partial charge in [0.05, 0.1) is 6.04 Å². The van der Waals surface area contributed by atoms with Crippen molar-refractivity contribution in [2.24, 2.45) is 7.05 Å². The number of methoxy groups -OCH3 is 1. The Labute approximate surface area is 162 Å². The third kappa shape index (κ3) is 4.48. The van der Waals surface area contributed by atoms with Gasteiger partial charge in [-0.05, 0) is 18.2 Å². The fourth-order valence-electron chi connectivity index (χ4n) is 3.37. The van der Waals surface area contributed by atoms with Crippen molar-refractivity contribution in [2.75, 3.05) is 33.4 Å².